The molecule has 0 spiro atoms. The number of ether oxygens (including phenoxy) is 1. The average molecular weight is 311 g/mol. The Morgan fingerprint density at radius 3 is 2.65 bits per heavy atom. The Labute approximate surface area is 126 Å². The van der Waals surface area contributed by atoms with E-state index in [0.717, 1.165) is 5.56 Å². The highest BCUT2D eigenvalue weighted by molar-refractivity contribution is 6.35. The minimum atomic E-state index is -0.950. The van der Waals surface area contributed by atoms with Gasteiger partial charge in [-0.25, -0.2) is 4.79 Å². The average Bonchev–Trinajstić information content (AvgIpc) is 2.39. The van der Waals surface area contributed by atoms with E-state index in [2.05, 4.69) is 0 Å². The van der Waals surface area contributed by atoms with Gasteiger partial charge in [-0.2, -0.15) is 0 Å². The Balaban J connectivity index is 2.19. The summed E-state index contributed by atoms with van der Waals surface area (Å²) in [6, 6.07) is 10.0. The molecule has 2 aromatic carbocycles. The zero-order valence-electron chi connectivity index (χ0n) is 10.7. The SMILES string of the molecule is Cc1c(COc2ccc(Cl)cc2Cl)cccc1C(=O)O. The maximum Gasteiger partial charge on any atom is 0.335 e. The molecule has 0 heterocycles. The monoisotopic (exact) mass is 310 g/mol. The summed E-state index contributed by atoms with van der Waals surface area (Å²) in [7, 11) is 0. The number of aromatic carboxylic acids is 1. The van der Waals surface area contributed by atoms with Crippen LogP contribution < -0.4 is 4.74 Å². The topological polar surface area (TPSA) is 46.5 Å². The van der Waals surface area contributed by atoms with Gasteiger partial charge in [0.1, 0.15) is 12.4 Å². The van der Waals surface area contributed by atoms with Crippen molar-refractivity contribution >= 4 is 29.2 Å². The number of hydrogen-bond donors (Lipinski definition) is 1. The van der Waals surface area contributed by atoms with Crippen LogP contribution in [0.1, 0.15) is 21.5 Å². The molecule has 1 N–H and O–H groups in total. The van der Waals surface area contributed by atoms with Crippen LogP contribution in [0.3, 0.4) is 0 Å². The number of carboxylic acids is 1. The number of rotatable bonds is 4. The number of carbonyl (C=O) groups is 1. The van der Waals surface area contributed by atoms with Gasteiger partial charge in [0, 0.05) is 5.02 Å². The standard InChI is InChI=1S/C15H12Cl2O3/c1-9-10(3-2-4-12(9)15(18)19)8-20-14-6-5-11(16)7-13(14)17/h2-7H,8H2,1H3,(H,18,19). The minimum Gasteiger partial charge on any atom is -0.487 e. The molecule has 0 aliphatic carbocycles. The van der Waals surface area contributed by atoms with Crippen LogP contribution >= 0.6 is 23.2 Å². The quantitative estimate of drug-likeness (QED) is 0.899. The van der Waals surface area contributed by atoms with Gasteiger partial charge in [-0.15, -0.1) is 0 Å². The molecule has 0 aliphatic rings. The van der Waals surface area contributed by atoms with Gasteiger partial charge in [0.25, 0.3) is 0 Å². The Kier molecular flexibility index (Phi) is 4.53. The Bertz CT molecular complexity index is 654. The van der Waals surface area contributed by atoms with E-state index < -0.39 is 5.97 Å². The molecule has 20 heavy (non-hydrogen) atoms. The van der Waals surface area contributed by atoms with Crippen molar-refractivity contribution in [1.82, 2.24) is 0 Å². The van der Waals surface area contributed by atoms with E-state index >= 15 is 0 Å². The van der Waals surface area contributed by atoms with E-state index in [4.69, 9.17) is 33.0 Å². The third-order valence-electron chi connectivity index (χ3n) is 2.95. The number of carboxylic acid groups (broad SMARTS) is 1. The third-order valence-corrected chi connectivity index (χ3v) is 3.48. The summed E-state index contributed by atoms with van der Waals surface area (Å²) in [5.41, 5.74) is 1.76. The fourth-order valence-electron chi connectivity index (χ4n) is 1.82. The predicted molar refractivity (Wildman–Crippen MR) is 78.9 cm³/mol. The van der Waals surface area contributed by atoms with Crippen molar-refractivity contribution in [2.75, 3.05) is 0 Å². The van der Waals surface area contributed by atoms with Crippen molar-refractivity contribution in [3.05, 3.63) is 63.1 Å². The molecule has 0 saturated carbocycles. The van der Waals surface area contributed by atoms with Crippen molar-refractivity contribution in [3.63, 3.8) is 0 Å². The maximum absolute atomic E-state index is 11.1. The molecule has 2 aromatic rings. The van der Waals surface area contributed by atoms with E-state index in [1.807, 2.05) is 6.07 Å². The first-order valence-corrected chi connectivity index (χ1v) is 6.64. The molecule has 0 fully saturated rings. The Morgan fingerprint density at radius 1 is 1.25 bits per heavy atom. The summed E-state index contributed by atoms with van der Waals surface area (Å²) in [6.45, 7) is 2.00. The van der Waals surface area contributed by atoms with Crippen LogP contribution in [0.15, 0.2) is 36.4 Å². The second-order valence-electron chi connectivity index (χ2n) is 4.26. The van der Waals surface area contributed by atoms with Crippen molar-refractivity contribution < 1.29 is 14.6 Å². The van der Waals surface area contributed by atoms with Crippen LogP contribution in [0.5, 0.6) is 5.75 Å². The molecule has 0 bridgehead atoms. The van der Waals surface area contributed by atoms with Crippen molar-refractivity contribution in [3.8, 4) is 5.75 Å². The van der Waals surface area contributed by atoms with Crippen molar-refractivity contribution in [2.45, 2.75) is 13.5 Å². The lowest BCUT2D eigenvalue weighted by molar-refractivity contribution is 0.0696. The lowest BCUT2D eigenvalue weighted by Gasteiger charge is -2.11. The van der Waals surface area contributed by atoms with E-state index in [9.17, 15) is 4.79 Å². The van der Waals surface area contributed by atoms with Crippen LogP contribution in [0.4, 0.5) is 0 Å². The Hall–Kier alpha value is -1.71. The van der Waals surface area contributed by atoms with E-state index in [-0.39, 0.29) is 12.2 Å². The smallest absolute Gasteiger partial charge is 0.335 e. The van der Waals surface area contributed by atoms with Gasteiger partial charge in [-0.05, 0) is 42.3 Å². The van der Waals surface area contributed by atoms with Crippen molar-refractivity contribution in [1.29, 1.82) is 0 Å². The zero-order chi connectivity index (χ0) is 14.7. The summed E-state index contributed by atoms with van der Waals surface area (Å²) in [5.74, 6) is -0.440. The van der Waals surface area contributed by atoms with Crippen LogP contribution in [0.25, 0.3) is 0 Å². The molecule has 0 saturated heterocycles. The first kappa shape index (κ1) is 14.7. The molecule has 0 aromatic heterocycles. The molecule has 104 valence electrons. The minimum absolute atomic E-state index is 0.244. The first-order valence-electron chi connectivity index (χ1n) is 5.88. The van der Waals surface area contributed by atoms with Gasteiger partial charge in [0.15, 0.2) is 0 Å². The van der Waals surface area contributed by atoms with Gasteiger partial charge in [-0.3, -0.25) is 0 Å². The zero-order valence-corrected chi connectivity index (χ0v) is 12.2. The van der Waals surface area contributed by atoms with E-state index in [1.54, 1.807) is 37.3 Å². The van der Waals surface area contributed by atoms with Crippen LogP contribution in [-0.4, -0.2) is 11.1 Å². The molecule has 0 aliphatic heterocycles. The second-order valence-corrected chi connectivity index (χ2v) is 5.10. The largest absolute Gasteiger partial charge is 0.487 e. The fraction of sp³-hybridized carbons (Fsp3) is 0.133. The third kappa shape index (κ3) is 3.24. The molecule has 0 atom stereocenters. The normalized spacial score (nSPS) is 10.3. The van der Waals surface area contributed by atoms with Gasteiger partial charge in [0.05, 0.1) is 10.6 Å². The highest BCUT2D eigenvalue weighted by Crippen LogP contribution is 2.28. The molecular weight excluding hydrogens is 299 g/mol. The summed E-state index contributed by atoms with van der Waals surface area (Å²) < 4.78 is 5.61. The lowest BCUT2D eigenvalue weighted by atomic mass is 10.0. The molecule has 0 amide bonds. The van der Waals surface area contributed by atoms with Crippen molar-refractivity contribution in [2.24, 2.45) is 0 Å². The Morgan fingerprint density at radius 2 is 2.00 bits per heavy atom. The molecule has 2 rings (SSSR count). The number of hydrogen-bond acceptors (Lipinski definition) is 2. The van der Waals surface area contributed by atoms with E-state index in [1.165, 1.54) is 0 Å². The first-order chi connectivity index (χ1) is 9.49. The summed E-state index contributed by atoms with van der Waals surface area (Å²) in [5, 5.41) is 10.0. The summed E-state index contributed by atoms with van der Waals surface area (Å²) in [6.07, 6.45) is 0. The van der Waals surface area contributed by atoms with Crippen LogP contribution in [0.2, 0.25) is 10.0 Å². The highest BCUT2D eigenvalue weighted by atomic mass is 35.5. The fourth-order valence-corrected chi connectivity index (χ4v) is 2.28. The highest BCUT2D eigenvalue weighted by Gasteiger charge is 2.11. The molecule has 5 heteroatoms. The number of halogens is 2. The molecule has 0 unspecified atom stereocenters. The van der Waals surface area contributed by atoms with Gasteiger partial charge in [0.2, 0.25) is 0 Å². The summed E-state index contributed by atoms with van der Waals surface area (Å²) in [4.78, 5) is 11.1. The predicted octanol–water partition coefficient (Wildman–Crippen LogP) is 4.58. The summed E-state index contributed by atoms with van der Waals surface area (Å²) >= 11 is 11.8. The molecule has 0 radical (unpaired) electrons. The molecular formula is C15H12Cl2O3. The lowest BCUT2D eigenvalue weighted by Crippen LogP contribution is -2.05. The van der Waals surface area contributed by atoms with Crippen LogP contribution in [0, 0.1) is 6.92 Å². The molecule has 3 nitrogen and oxygen atoms in total. The van der Waals surface area contributed by atoms with E-state index in [0.29, 0.717) is 21.4 Å². The second kappa shape index (κ2) is 6.16. The van der Waals surface area contributed by atoms with Gasteiger partial charge >= 0.3 is 5.97 Å². The van der Waals surface area contributed by atoms with Gasteiger partial charge in [-0.1, -0.05) is 35.3 Å². The van der Waals surface area contributed by atoms with Gasteiger partial charge < -0.3 is 9.84 Å². The maximum atomic E-state index is 11.1. The van der Waals surface area contributed by atoms with Crippen LogP contribution in [-0.2, 0) is 6.61 Å². The number of benzene rings is 2.